The number of benzene rings is 2. The minimum Gasteiger partial charge on any atom is -0.352 e. The lowest BCUT2D eigenvalue weighted by atomic mass is 10.2. The first-order valence-electron chi connectivity index (χ1n) is 9.73. The van der Waals surface area contributed by atoms with E-state index in [0.717, 1.165) is 11.3 Å². The largest absolute Gasteiger partial charge is 0.352 e. The fourth-order valence-corrected chi connectivity index (χ4v) is 3.51. The molecule has 1 aliphatic heterocycles. The molecule has 1 aromatic heterocycles. The predicted molar refractivity (Wildman–Crippen MR) is 129 cm³/mol. The van der Waals surface area contributed by atoms with Crippen molar-refractivity contribution in [1.82, 2.24) is 20.2 Å². The summed E-state index contributed by atoms with van der Waals surface area (Å²) < 4.78 is 16.1. The number of rotatable bonds is 5. The van der Waals surface area contributed by atoms with Crippen LogP contribution in [0.2, 0.25) is 0 Å². The predicted octanol–water partition coefficient (Wildman–Crippen LogP) is 3.10. The van der Waals surface area contributed by atoms with Crippen molar-refractivity contribution in [3.63, 3.8) is 0 Å². The van der Waals surface area contributed by atoms with Crippen LogP contribution in [0.25, 0.3) is 5.69 Å². The molecule has 1 unspecified atom stereocenters. The highest BCUT2D eigenvalue weighted by molar-refractivity contribution is 14.0. The zero-order chi connectivity index (χ0) is 20.9. The van der Waals surface area contributed by atoms with Gasteiger partial charge >= 0.3 is 0 Å². The Morgan fingerprint density at radius 2 is 2.06 bits per heavy atom. The third-order valence-electron chi connectivity index (χ3n) is 5.01. The van der Waals surface area contributed by atoms with E-state index in [4.69, 9.17) is 0 Å². The number of anilines is 1. The summed E-state index contributed by atoms with van der Waals surface area (Å²) in [6, 6.07) is 14.6. The summed E-state index contributed by atoms with van der Waals surface area (Å²) in [5.41, 5.74) is 2.13. The number of hydrogen-bond acceptors (Lipinski definition) is 3. The second-order valence-corrected chi connectivity index (χ2v) is 7.07. The SMILES string of the molecule is CN=C(NCc1ccc(-n2ccnc2)c(F)c1)NC1CC(=O)N(c2ccccc2)C1.I. The van der Waals surface area contributed by atoms with Crippen LogP contribution in [0.1, 0.15) is 12.0 Å². The van der Waals surface area contributed by atoms with Crippen LogP contribution in [0.15, 0.2) is 72.2 Å². The summed E-state index contributed by atoms with van der Waals surface area (Å²) in [5, 5.41) is 6.47. The Hall–Kier alpha value is -2.95. The number of carbonyl (C=O) groups excluding carboxylic acids is 1. The molecular formula is C22H24FIN6O. The zero-order valence-corrected chi connectivity index (χ0v) is 19.4. The molecule has 0 spiro atoms. The van der Waals surface area contributed by atoms with E-state index in [9.17, 15) is 9.18 Å². The van der Waals surface area contributed by atoms with E-state index >= 15 is 0 Å². The summed E-state index contributed by atoms with van der Waals surface area (Å²) in [6.45, 7) is 0.974. The Morgan fingerprint density at radius 3 is 2.74 bits per heavy atom. The number of halogens is 2. The molecule has 1 atom stereocenters. The number of para-hydroxylation sites is 1. The van der Waals surface area contributed by atoms with Gasteiger partial charge in [0.1, 0.15) is 5.82 Å². The molecule has 7 nitrogen and oxygen atoms in total. The van der Waals surface area contributed by atoms with Crippen LogP contribution in [-0.4, -0.2) is 41.1 Å². The molecule has 1 fully saturated rings. The third-order valence-corrected chi connectivity index (χ3v) is 5.01. The van der Waals surface area contributed by atoms with E-state index < -0.39 is 0 Å². The number of amides is 1. The van der Waals surface area contributed by atoms with Gasteiger partial charge in [-0.2, -0.15) is 0 Å². The number of guanidine groups is 1. The van der Waals surface area contributed by atoms with Crippen molar-refractivity contribution in [3.8, 4) is 5.69 Å². The average Bonchev–Trinajstić information content (AvgIpc) is 3.41. The lowest BCUT2D eigenvalue weighted by Gasteiger charge is -2.19. The third kappa shape index (κ3) is 5.40. The summed E-state index contributed by atoms with van der Waals surface area (Å²) >= 11 is 0. The lowest BCUT2D eigenvalue weighted by molar-refractivity contribution is -0.117. The number of carbonyl (C=O) groups is 1. The minimum atomic E-state index is -0.324. The van der Waals surface area contributed by atoms with Gasteiger partial charge in [-0.3, -0.25) is 9.79 Å². The summed E-state index contributed by atoms with van der Waals surface area (Å²) in [7, 11) is 1.67. The van der Waals surface area contributed by atoms with Crippen LogP contribution >= 0.6 is 24.0 Å². The highest BCUT2D eigenvalue weighted by Crippen LogP contribution is 2.21. The average molecular weight is 534 g/mol. The van der Waals surface area contributed by atoms with Gasteiger partial charge in [0.05, 0.1) is 18.1 Å². The molecular weight excluding hydrogens is 510 g/mol. The fourth-order valence-electron chi connectivity index (χ4n) is 3.51. The van der Waals surface area contributed by atoms with Gasteiger partial charge in [0.15, 0.2) is 5.96 Å². The highest BCUT2D eigenvalue weighted by Gasteiger charge is 2.31. The van der Waals surface area contributed by atoms with Gasteiger partial charge in [-0.25, -0.2) is 9.37 Å². The zero-order valence-electron chi connectivity index (χ0n) is 17.0. The highest BCUT2D eigenvalue weighted by atomic mass is 127. The van der Waals surface area contributed by atoms with E-state index in [1.165, 1.54) is 6.07 Å². The Kier molecular flexibility index (Phi) is 7.61. The monoisotopic (exact) mass is 534 g/mol. The molecule has 0 bridgehead atoms. The van der Waals surface area contributed by atoms with Gasteiger partial charge in [0.2, 0.25) is 5.91 Å². The molecule has 4 rings (SSSR count). The van der Waals surface area contributed by atoms with Gasteiger partial charge in [-0.15, -0.1) is 24.0 Å². The number of aromatic nitrogens is 2. The molecule has 3 aromatic rings. The maximum Gasteiger partial charge on any atom is 0.229 e. The van der Waals surface area contributed by atoms with Gasteiger partial charge in [-0.05, 0) is 29.8 Å². The van der Waals surface area contributed by atoms with E-state index in [1.54, 1.807) is 41.3 Å². The van der Waals surface area contributed by atoms with Crippen molar-refractivity contribution < 1.29 is 9.18 Å². The van der Waals surface area contributed by atoms with Gasteiger partial charge in [0, 0.05) is 44.6 Å². The van der Waals surface area contributed by atoms with Gasteiger partial charge in [-0.1, -0.05) is 24.3 Å². The maximum atomic E-state index is 14.4. The smallest absolute Gasteiger partial charge is 0.229 e. The van der Waals surface area contributed by atoms with Crippen molar-refractivity contribution in [3.05, 3.63) is 78.6 Å². The van der Waals surface area contributed by atoms with Crippen LogP contribution < -0.4 is 15.5 Å². The van der Waals surface area contributed by atoms with E-state index in [0.29, 0.717) is 31.2 Å². The Balaban J connectivity index is 0.00000272. The van der Waals surface area contributed by atoms with Crippen molar-refractivity contribution in [2.45, 2.75) is 19.0 Å². The summed E-state index contributed by atoms with van der Waals surface area (Å²) in [4.78, 5) is 22.3. The van der Waals surface area contributed by atoms with E-state index in [2.05, 4.69) is 20.6 Å². The van der Waals surface area contributed by atoms with Crippen LogP contribution in [0.5, 0.6) is 0 Å². The Labute approximate surface area is 197 Å². The van der Waals surface area contributed by atoms with Crippen LogP contribution in [0.3, 0.4) is 0 Å². The first-order valence-corrected chi connectivity index (χ1v) is 9.73. The fraction of sp³-hybridized carbons (Fsp3) is 0.227. The maximum absolute atomic E-state index is 14.4. The molecule has 2 aromatic carbocycles. The quantitative estimate of drug-likeness (QED) is 0.300. The van der Waals surface area contributed by atoms with E-state index in [-0.39, 0.29) is 41.7 Å². The molecule has 2 N–H and O–H groups in total. The summed E-state index contributed by atoms with van der Waals surface area (Å²) in [6.07, 6.45) is 5.26. The molecule has 9 heteroatoms. The molecule has 1 amide bonds. The Morgan fingerprint density at radius 1 is 1.26 bits per heavy atom. The van der Waals surface area contributed by atoms with Crippen LogP contribution in [0, 0.1) is 5.82 Å². The van der Waals surface area contributed by atoms with Crippen LogP contribution in [0.4, 0.5) is 10.1 Å². The topological polar surface area (TPSA) is 74.5 Å². The molecule has 0 saturated carbocycles. The number of imidazole rings is 1. The molecule has 0 aliphatic carbocycles. The normalized spacial score (nSPS) is 16.2. The number of aliphatic imine (C=N–C) groups is 1. The van der Waals surface area contributed by atoms with Gasteiger partial charge < -0.3 is 20.1 Å². The van der Waals surface area contributed by atoms with Crippen molar-refractivity contribution in [2.24, 2.45) is 4.99 Å². The minimum absolute atomic E-state index is 0. The van der Waals surface area contributed by atoms with Crippen molar-refractivity contribution >= 4 is 41.5 Å². The van der Waals surface area contributed by atoms with Crippen molar-refractivity contribution in [1.29, 1.82) is 0 Å². The first kappa shape index (κ1) is 22.7. The van der Waals surface area contributed by atoms with Gasteiger partial charge in [0.25, 0.3) is 0 Å². The summed E-state index contributed by atoms with van der Waals surface area (Å²) in [5.74, 6) is 0.322. The molecule has 162 valence electrons. The van der Waals surface area contributed by atoms with Crippen molar-refractivity contribution in [2.75, 3.05) is 18.5 Å². The molecule has 0 radical (unpaired) electrons. The Bertz CT molecular complexity index is 1040. The number of nitrogens with one attached hydrogen (secondary N) is 2. The molecule has 2 heterocycles. The van der Waals surface area contributed by atoms with E-state index in [1.807, 2.05) is 36.4 Å². The number of hydrogen-bond donors (Lipinski definition) is 2. The number of nitrogens with zero attached hydrogens (tertiary/aromatic N) is 4. The molecule has 31 heavy (non-hydrogen) atoms. The second kappa shape index (κ2) is 10.4. The first-order chi connectivity index (χ1) is 14.6. The standard InChI is InChI=1S/C22H23FN6O.HI/c1-24-22(27-17-12-21(30)29(14-17)18-5-3-2-4-6-18)26-13-16-7-8-20(19(23)11-16)28-10-9-25-15-28;/h2-11,15,17H,12-14H2,1H3,(H2,24,26,27);1H. The molecule has 1 saturated heterocycles. The molecule has 1 aliphatic rings. The second-order valence-electron chi connectivity index (χ2n) is 7.07. The lowest BCUT2D eigenvalue weighted by Crippen LogP contribution is -2.44. The van der Waals surface area contributed by atoms with Crippen LogP contribution in [-0.2, 0) is 11.3 Å².